The van der Waals surface area contributed by atoms with E-state index in [1.165, 1.54) is 6.07 Å². The SMILES string of the molecule is COc1ccccc1-c1ccc(=O)n(CC(=O)NC(C)c2ccccc2)n1. The molecular formula is C21H21N3O3. The fraction of sp³-hybridized carbons (Fsp3) is 0.190. The van der Waals surface area contributed by atoms with Crippen LogP contribution < -0.4 is 15.6 Å². The summed E-state index contributed by atoms with van der Waals surface area (Å²) in [4.78, 5) is 24.5. The summed E-state index contributed by atoms with van der Waals surface area (Å²) < 4.78 is 6.51. The minimum atomic E-state index is -0.337. The molecule has 138 valence electrons. The number of ether oxygens (including phenoxy) is 1. The van der Waals surface area contributed by atoms with Gasteiger partial charge in [-0.1, -0.05) is 42.5 Å². The molecule has 6 nitrogen and oxygen atoms in total. The molecule has 1 unspecified atom stereocenters. The molecule has 1 N–H and O–H groups in total. The van der Waals surface area contributed by atoms with Crippen molar-refractivity contribution in [3.05, 3.63) is 82.6 Å². The van der Waals surface area contributed by atoms with E-state index in [0.29, 0.717) is 11.4 Å². The molecule has 2 aromatic carbocycles. The first-order chi connectivity index (χ1) is 13.1. The van der Waals surface area contributed by atoms with Crippen molar-refractivity contribution >= 4 is 5.91 Å². The van der Waals surface area contributed by atoms with Gasteiger partial charge in [0.15, 0.2) is 0 Å². The number of aromatic nitrogens is 2. The molecule has 0 radical (unpaired) electrons. The average molecular weight is 363 g/mol. The van der Waals surface area contributed by atoms with Crippen molar-refractivity contribution in [2.75, 3.05) is 7.11 Å². The minimum absolute atomic E-state index is 0.154. The smallest absolute Gasteiger partial charge is 0.267 e. The van der Waals surface area contributed by atoms with Crippen molar-refractivity contribution in [2.45, 2.75) is 19.5 Å². The van der Waals surface area contributed by atoms with Gasteiger partial charge in [0.1, 0.15) is 12.3 Å². The third-order valence-corrected chi connectivity index (χ3v) is 4.22. The summed E-state index contributed by atoms with van der Waals surface area (Å²) >= 11 is 0. The van der Waals surface area contributed by atoms with E-state index in [-0.39, 0.29) is 24.1 Å². The molecule has 3 rings (SSSR count). The van der Waals surface area contributed by atoms with Crippen LogP contribution in [0.2, 0.25) is 0 Å². The zero-order valence-electron chi connectivity index (χ0n) is 15.3. The topological polar surface area (TPSA) is 73.2 Å². The molecule has 0 aliphatic rings. The Morgan fingerprint density at radius 1 is 1.07 bits per heavy atom. The van der Waals surface area contributed by atoms with Gasteiger partial charge in [-0.15, -0.1) is 0 Å². The van der Waals surface area contributed by atoms with E-state index in [9.17, 15) is 9.59 Å². The van der Waals surface area contributed by atoms with Gasteiger partial charge in [-0.25, -0.2) is 4.68 Å². The maximum atomic E-state index is 12.4. The summed E-state index contributed by atoms with van der Waals surface area (Å²) in [5.74, 6) is 0.371. The van der Waals surface area contributed by atoms with Crippen molar-refractivity contribution in [3.8, 4) is 17.0 Å². The lowest BCUT2D eigenvalue weighted by atomic mass is 10.1. The Hall–Kier alpha value is -3.41. The number of carbonyl (C=O) groups is 1. The maximum Gasteiger partial charge on any atom is 0.267 e. The van der Waals surface area contributed by atoms with E-state index in [2.05, 4.69) is 10.4 Å². The van der Waals surface area contributed by atoms with Crippen molar-refractivity contribution < 1.29 is 9.53 Å². The van der Waals surface area contributed by atoms with Crippen LogP contribution >= 0.6 is 0 Å². The predicted octanol–water partition coefficient (Wildman–Crippen LogP) is 2.80. The number of amides is 1. The summed E-state index contributed by atoms with van der Waals surface area (Å²) in [5.41, 5.74) is 1.98. The standard InChI is InChI=1S/C21H21N3O3/c1-15(16-8-4-3-5-9-16)22-20(25)14-24-21(26)13-12-18(23-24)17-10-6-7-11-19(17)27-2/h3-13,15H,14H2,1-2H3,(H,22,25). The normalized spacial score (nSPS) is 11.6. The third kappa shape index (κ3) is 4.41. The Balaban J connectivity index is 1.79. The van der Waals surface area contributed by atoms with E-state index in [4.69, 9.17) is 4.74 Å². The number of nitrogens with zero attached hydrogens (tertiary/aromatic N) is 2. The van der Waals surface area contributed by atoms with Gasteiger partial charge < -0.3 is 10.1 Å². The summed E-state index contributed by atoms with van der Waals surface area (Å²) in [6.45, 7) is 1.74. The number of carbonyl (C=O) groups excluding carboxylic acids is 1. The first kappa shape index (κ1) is 18.4. The van der Waals surface area contributed by atoms with Crippen LogP contribution in [0.3, 0.4) is 0 Å². The Morgan fingerprint density at radius 3 is 2.52 bits per heavy atom. The molecule has 0 spiro atoms. The Kier molecular flexibility index (Phi) is 5.66. The highest BCUT2D eigenvalue weighted by Gasteiger charge is 2.13. The average Bonchev–Trinajstić information content (AvgIpc) is 2.70. The fourth-order valence-corrected chi connectivity index (χ4v) is 2.81. The molecule has 27 heavy (non-hydrogen) atoms. The van der Waals surface area contributed by atoms with E-state index in [1.54, 1.807) is 13.2 Å². The number of hydrogen-bond donors (Lipinski definition) is 1. The van der Waals surface area contributed by atoms with Crippen LogP contribution in [-0.4, -0.2) is 22.8 Å². The van der Waals surface area contributed by atoms with E-state index in [1.807, 2.05) is 61.5 Å². The molecule has 1 heterocycles. The van der Waals surface area contributed by atoms with Crippen LogP contribution in [-0.2, 0) is 11.3 Å². The number of methoxy groups -OCH3 is 1. The largest absolute Gasteiger partial charge is 0.496 e. The van der Waals surface area contributed by atoms with E-state index in [0.717, 1.165) is 15.8 Å². The summed E-state index contributed by atoms with van der Waals surface area (Å²) in [6, 6.07) is 19.9. The molecule has 0 aliphatic heterocycles. The van der Waals surface area contributed by atoms with Crippen LogP contribution in [0, 0.1) is 0 Å². The second-order valence-electron chi connectivity index (χ2n) is 6.11. The van der Waals surface area contributed by atoms with Crippen molar-refractivity contribution in [3.63, 3.8) is 0 Å². The number of nitrogens with one attached hydrogen (secondary N) is 1. The van der Waals surface area contributed by atoms with Gasteiger partial charge in [0.25, 0.3) is 5.56 Å². The molecule has 3 aromatic rings. The maximum absolute atomic E-state index is 12.4. The van der Waals surface area contributed by atoms with E-state index >= 15 is 0 Å². The third-order valence-electron chi connectivity index (χ3n) is 4.22. The fourth-order valence-electron chi connectivity index (χ4n) is 2.81. The Morgan fingerprint density at radius 2 is 1.78 bits per heavy atom. The van der Waals surface area contributed by atoms with Gasteiger partial charge in [0.05, 0.1) is 18.8 Å². The lowest BCUT2D eigenvalue weighted by Gasteiger charge is -2.15. The Bertz CT molecular complexity index is 983. The van der Waals surface area contributed by atoms with Gasteiger partial charge >= 0.3 is 0 Å². The first-order valence-corrected chi connectivity index (χ1v) is 8.64. The second-order valence-corrected chi connectivity index (χ2v) is 6.11. The highest BCUT2D eigenvalue weighted by Crippen LogP contribution is 2.27. The molecule has 0 fully saturated rings. The molecule has 1 amide bonds. The molecule has 1 atom stereocenters. The molecule has 0 bridgehead atoms. The quantitative estimate of drug-likeness (QED) is 0.731. The number of para-hydroxylation sites is 1. The first-order valence-electron chi connectivity index (χ1n) is 8.64. The van der Waals surface area contributed by atoms with Crippen LogP contribution in [0.15, 0.2) is 71.5 Å². The zero-order valence-corrected chi connectivity index (χ0v) is 15.3. The monoisotopic (exact) mass is 363 g/mol. The van der Waals surface area contributed by atoms with Gasteiger partial charge in [-0.3, -0.25) is 9.59 Å². The minimum Gasteiger partial charge on any atom is -0.496 e. The summed E-state index contributed by atoms with van der Waals surface area (Å²) in [6.07, 6.45) is 0. The van der Waals surface area contributed by atoms with Crippen LogP contribution in [0.25, 0.3) is 11.3 Å². The molecular weight excluding hydrogens is 342 g/mol. The lowest BCUT2D eigenvalue weighted by Crippen LogP contribution is -2.34. The van der Waals surface area contributed by atoms with Crippen LogP contribution in [0.4, 0.5) is 0 Å². The lowest BCUT2D eigenvalue weighted by molar-refractivity contribution is -0.122. The zero-order chi connectivity index (χ0) is 19.2. The van der Waals surface area contributed by atoms with E-state index < -0.39 is 0 Å². The summed E-state index contributed by atoms with van der Waals surface area (Å²) in [7, 11) is 1.58. The number of rotatable bonds is 6. The predicted molar refractivity (Wildman–Crippen MR) is 103 cm³/mol. The summed E-state index contributed by atoms with van der Waals surface area (Å²) in [5, 5.41) is 7.22. The van der Waals surface area contributed by atoms with Crippen LogP contribution in [0.1, 0.15) is 18.5 Å². The number of benzene rings is 2. The van der Waals surface area contributed by atoms with Crippen molar-refractivity contribution in [2.24, 2.45) is 0 Å². The highest BCUT2D eigenvalue weighted by atomic mass is 16.5. The number of hydrogen-bond acceptors (Lipinski definition) is 4. The van der Waals surface area contributed by atoms with Crippen molar-refractivity contribution in [1.29, 1.82) is 0 Å². The molecule has 6 heteroatoms. The van der Waals surface area contributed by atoms with Gasteiger partial charge in [-0.2, -0.15) is 5.10 Å². The molecule has 0 saturated heterocycles. The van der Waals surface area contributed by atoms with Gasteiger partial charge in [0.2, 0.25) is 5.91 Å². The Labute approximate surface area is 157 Å². The van der Waals surface area contributed by atoms with Gasteiger partial charge in [-0.05, 0) is 30.7 Å². The second kappa shape index (κ2) is 8.31. The van der Waals surface area contributed by atoms with Crippen molar-refractivity contribution in [1.82, 2.24) is 15.1 Å². The van der Waals surface area contributed by atoms with Crippen LogP contribution in [0.5, 0.6) is 5.75 Å². The highest BCUT2D eigenvalue weighted by molar-refractivity contribution is 5.76. The van der Waals surface area contributed by atoms with Gasteiger partial charge in [0, 0.05) is 11.6 Å². The molecule has 0 aliphatic carbocycles. The molecule has 1 aromatic heterocycles. The molecule has 0 saturated carbocycles.